The van der Waals surface area contributed by atoms with E-state index in [1.807, 2.05) is 6.92 Å². The maximum atomic E-state index is 11.4. The first-order valence-corrected chi connectivity index (χ1v) is 5.23. The van der Waals surface area contributed by atoms with Gasteiger partial charge in [-0.25, -0.2) is 0 Å². The van der Waals surface area contributed by atoms with Crippen LogP contribution < -0.4 is 11.1 Å². The summed E-state index contributed by atoms with van der Waals surface area (Å²) in [5.74, 6) is 0.0684. The first-order valence-electron chi connectivity index (χ1n) is 5.23. The van der Waals surface area contributed by atoms with Gasteiger partial charge in [-0.3, -0.25) is 4.79 Å². The molecule has 0 heterocycles. The van der Waals surface area contributed by atoms with Gasteiger partial charge in [0, 0.05) is 25.6 Å². The number of carbonyl (C=O) groups is 1. The Hall–Kier alpha value is -0.610. The molecule has 0 aromatic rings. The van der Waals surface area contributed by atoms with Gasteiger partial charge in [-0.2, -0.15) is 0 Å². The van der Waals surface area contributed by atoms with Gasteiger partial charge in [0.1, 0.15) is 0 Å². The second-order valence-corrected chi connectivity index (χ2v) is 3.97. The van der Waals surface area contributed by atoms with Gasteiger partial charge in [0.2, 0.25) is 5.91 Å². The molecule has 3 N–H and O–H groups in total. The fourth-order valence-corrected chi connectivity index (χ4v) is 1.55. The zero-order chi connectivity index (χ0) is 10.6. The van der Waals surface area contributed by atoms with Crippen molar-refractivity contribution in [1.82, 2.24) is 5.32 Å². The first kappa shape index (κ1) is 11.5. The van der Waals surface area contributed by atoms with Crippen molar-refractivity contribution in [3.05, 3.63) is 0 Å². The van der Waals surface area contributed by atoms with Crippen LogP contribution in [0.2, 0.25) is 0 Å². The van der Waals surface area contributed by atoms with E-state index in [4.69, 9.17) is 10.5 Å². The quantitative estimate of drug-likeness (QED) is 0.675. The SMILES string of the molecule is CCC(N)CC(=O)NC1CC(OC)C1. The average molecular weight is 200 g/mol. The minimum atomic E-state index is -0.00620. The van der Waals surface area contributed by atoms with Crippen molar-refractivity contribution in [1.29, 1.82) is 0 Å². The molecule has 4 nitrogen and oxygen atoms in total. The van der Waals surface area contributed by atoms with Crippen molar-refractivity contribution >= 4 is 5.91 Å². The molecule has 1 saturated carbocycles. The Bertz CT molecular complexity index is 191. The molecule has 1 aliphatic carbocycles. The summed E-state index contributed by atoms with van der Waals surface area (Å²) in [7, 11) is 1.70. The lowest BCUT2D eigenvalue weighted by molar-refractivity contribution is -0.123. The van der Waals surface area contributed by atoms with Crippen LogP contribution in [0.5, 0.6) is 0 Å². The van der Waals surface area contributed by atoms with E-state index in [0.717, 1.165) is 19.3 Å². The predicted octanol–water partition coefficient (Wildman–Crippen LogP) is 0.407. The van der Waals surface area contributed by atoms with Gasteiger partial charge >= 0.3 is 0 Å². The van der Waals surface area contributed by atoms with Crippen LogP contribution in [-0.2, 0) is 9.53 Å². The summed E-state index contributed by atoms with van der Waals surface area (Å²) in [5.41, 5.74) is 5.68. The van der Waals surface area contributed by atoms with E-state index >= 15 is 0 Å². The molecule has 0 bridgehead atoms. The van der Waals surface area contributed by atoms with Gasteiger partial charge in [0.15, 0.2) is 0 Å². The lowest BCUT2D eigenvalue weighted by Gasteiger charge is -2.34. The van der Waals surface area contributed by atoms with Crippen molar-refractivity contribution in [2.24, 2.45) is 5.73 Å². The Kier molecular flexibility index (Phi) is 4.35. The molecule has 1 fully saturated rings. The Balaban J connectivity index is 2.10. The van der Waals surface area contributed by atoms with Gasteiger partial charge in [0.25, 0.3) is 0 Å². The number of hydrogen-bond acceptors (Lipinski definition) is 3. The maximum Gasteiger partial charge on any atom is 0.221 e. The van der Waals surface area contributed by atoms with Crippen LogP contribution in [0.1, 0.15) is 32.6 Å². The number of amides is 1. The molecule has 4 heteroatoms. The Morgan fingerprint density at radius 3 is 2.79 bits per heavy atom. The molecule has 1 unspecified atom stereocenters. The summed E-state index contributed by atoms with van der Waals surface area (Å²) in [6.07, 6.45) is 3.48. The van der Waals surface area contributed by atoms with Crippen LogP contribution in [0.15, 0.2) is 0 Å². The number of carbonyl (C=O) groups excluding carboxylic acids is 1. The van der Waals surface area contributed by atoms with Gasteiger partial charge in [-0.15, -0.1) is 0 Å². The molecule has 1 aliphatic rings. The summed E-state index contributed by atoms with van der Waals surface area (Å²) in [6, 6.07) is 0.296. The van der Waals surface area contributed by atoms with Crippen LogP contribution in [0.25, 0.3) is 0 Å². The summed E-state index contributed by atoms with van der Waals surface area (Å²) in [5, 5.41) is 2.95. The molecular formula is C10H20N2O2. The van der Waals surface area contributed by atoms with Crippen molar-refractivity contribution in [3.63, 3.8) is 0 Å². The number of rotatable bonds is 5. The third-order valence-electron chi connectivity index (χ3n) is 2.77. The zero-order valence-electron chi connectivity index (χ0n) is 8.95. The molecule has 0 aromatic heterocycles. The van der Waals surface area contributed by atoms with Gasteiger partial charge in [0.05, 0.1) is 6.10 Å². The third kappa shape index (κ3) is 3.27. The van der Waals surface area contributed by atoms with E-state index in [1.165, 1.54) is 0 Å². The predicted molar refractivity (Wildman–Crippen MR) is 54.8 cm³/mol. The van der Waals surface area contributed by atoms with Crippen LogP contribution in [-0.4, -0.2) is 31.2 Å². The summed E-state index contributed by atoms with van der Waals surface area (Å²) in [6.45, 7) is 1.99. The van der Waals surface area contributed by atoms with Gasteiger partial charge < -0.3 is 15.8 Å². The van der Waals surface area contributed by atoms with Crippen LogP contribution in [0.3, 0.4) is 0 Å². The molecule has 0 aromatic carbocycles. The summed E-state index contributed by atoms with van der Waals surface area (Å²) < 4.78 is 5.12. The van der Waals surface area contributed by atoms with Crippen LogP contribution in [0, 0.1) is 0 Å². The normalized spacial score (nSPS) is 27.9. The number of nitrogens with two attached hydrogens (primary N) is 1. The summed E-state index contributed by atoms with van der Waals surface area (Å²) >= 11 is 0. The van der Waals surface area contributed by atoms with Crippen molar-refractivity contribution < 1.29 is 9.53 Å². The van der Waals surface area contributed by atoms with Crippen LogP contribution in [0.4, 0.5) is 0 Å². The van der Waals surface area contributed by atoms with E-state index < -0.39 is 0 Å². The van der Waals surface area contributed by atoms with Crippen LogP contribution >= 0.6 is 0 Å². The number of nitrogens with one attached hydrogen (secondary N) is 1. The molecule has 0 aliphatic heterocycles. The van der Waals surface area contributed by atoms with Crippen molar-refractivity contribution in [2.75, 3.05) is 7.11 Å². The van der Waals surface area contributed by atoms with Gasteiger partial charge in [-0.05, 0) is 19.3 Å². The van der Waals surface area contributed by atoms with E-state index in [-0.39, 0.29) is 11.9 Å². The fraction of sp³-hybridized carbons (Fsp3) is 0.900. The van der Waals surface area contributed by atoms with E-state index in [9.17, 15) is 4.79 Å². The Labute approximate surface area is 85.2 Å². The molecule has 1 atom stereocenters. The molecule has 1 amide bonds. The fourth-order valence-electron chi connectivity index (χ4n) is 1.55. The van der Waals surface area contributed by atoms with Crippen molar-refractivity contribution in [2.45, 2.75) is 50.8 Å². The largest absolute Gasteiger partial charge is 0.381 e. The smallest absolute Gasteiger partial charge is 0.221 e. The molecule has 14 heavy (non-hydrogen) atoms. The average Bonchev–Trinajstić information content (AvgIpc) is 2.10. The second kappa shape index (κ2) is 5.32. The molecule has 1 rings (SSSR count). The highest BCUT2D eigenvalue weighted by atomic mass is 16.5. The lowest BCUT2D eigenvalue weighted by Crippen LogP contribution is -2.48. The highest BCUT2D eigenvalue weighted by Crippen LogP contribution is 2.22. The molecule has 0 radical (unpaired) electrons. The standard InChI is InChI=1S/C10H20N2O2/c1-3-7(11)4-10(13)12-8-5-9(6-8)14-2/h7-9H,3-6,11H2,1-2H3,(H,12,13). The lowest BCUT2D eigenvalue weighted by atomic mass is 9.89. The first-order chi connectivity index (χ1) is 6.65. The van der Waals surface area contributed by atoms with Crippen molar-refractivity contribution in [3.8, 4) is 0 Å². The Morgan fingerprint density at radius 2 is 2.29 bits per heavy atom. The molecular weight excluding hydrogens is 180 g/mol. The topological polar surface area (TPSA) is 64.4 Å². The van der Waals surface area contributed by atoms with E-state index in [1.54, 1.807) is 7.11 Å². The highest BCUT2D eigenvalue weighted by molar-refractivity contribution is 5.77. The minimum Gasteiger partial charge on any atom is -0.381 e. The number of methoxy groups -OCH3 is 1. The van der Waals surface area contributed by atoms with E-state index in [0.29, 0.717) is 18.6 Å². The Morgan fingerprint density at radius 1 is 1.64 bits per heavy atom. The summed E-state index contributed by atoms with van der Waals surface area (Å²) in [4.78, 5) is 11.4. The van der Waals surface area contributed by atoms with Gasteiger partial charge in [-0.1, -0.05) is 6.92 Å². The minimum absolute atomic E-state index is 0.00620. The molecule has 82 valence electrons. The monoisotopic (exact) mass is 200 g/mol. The number of ether oxygens (including phenoxy) is 1. The molecule has 0 saturated heterocycles. The number of hydrogen-bond donors (Lipinski definition) is 2. The zero-order valence-corrected chi connectivity index (χ0v) is 8.95. The molecule has 0 spiro atoms. The maximum absolute atomic E-state index is 11.4. The second-order valence-electron chi connectivity index (χ2n) is 3.97. The highest BCUT2D eigenvalue weighted by Gasteiger charge is 2.30. The third-order valence-corrected chi connectivity index (χ3v) is 2.77. The van der Waals surface area contributed by atoms with E-state index in [2.05, 4.69) is 5.32 Å².